The van der Waals surface area contributed by atoms with Gasteiger partial charge >= 0.3 is 0 Å². The highest BCUT2D eigenvalue weighted by Gasteiger charge is 2.14. The number of hydrogen-bond donors (Lipinski definition) is 1. The molecule has 1 N–H and O–H groups in total. The fourth-order valence-corrected chi connectivity index (χ4v) is 2.57. The summed E-state index contributed by atoms with van der Waals surface area (Å²) in [5, 5.41) is 4.82. The number of nitrogens with one attached hydrogen (secondary N) is 1. The van der Waals surface area contributed by atoms with Crippen LogP contribution in [0, 0.1) is 13.8 Å². The first-order chi connectivity index (χ1) is 8.99. The van der Waals surface area contributed by atoms with Crippen molar-refractivity contribution in [3.63, 3.8) is 0 Å². The van der Waals surface area contributed by atoms with E-state index < -0.39 is 0 Å². The van der Waals surface area contributed by atoms with Crippen LogP contribution >= 0.6 is 11.3 Å². The van der Waals surface area contributed by atoms with Crippen LogP contribution in [0.2, 0.25) is 0 Å². The van der Waals surface area contributed by atoms with Crippen LogP contribution in [0.5, 0.6) is 0 Å². The molecule has 0 spiro atoms. The zero-order valence-electron chi connectivity index (χ0n) is 11.0. The molecular weight excluding hydrogens is 260 g/mol. The lowest BCUT2D eigenvalue weighted by molar-refractivity contribution is 0.100. The first-order valence-corrected chi connectivity index (χ1v) is 6.71. The molecule has 1 amide bonds. The maximum atomic E-state index is 12.2. The summed E-state index contributed by atoms with van der Waals surface area (Å²) in [6.45, 7) is 5.24. The molecule has 0 atom stereocenters. The molecule has 1 aromatic heterocycles. The van der Waals surface area contributed by atoms with Gasteiger partial charge in [0.05, 0.1) is 0 Å². The molecule has 0 bridgehead atoms. The highest BCUT2D eigenvalue weighted by atomic mass is 32.1. The lowest BCUT2D eigenvalue weighted by atomic mass is 10.0. The Bertz CT molecular complexity index is 626. The number of ketones is 1. The van der Waals surface area contributed by atoms with E-state index >= 15 is 0 Å². The van der Waals surface area contributed by atoms with Gasteiger partial charge in [-0.25, -0.2) is 4.98 Å². The zero-order chi connectivity index (χ0) is 14.0. The molecule has 2 aromatic rings. The second-order valence-electron chi connectivity index (χ2n) is 4.32. The largest absolute Gasteiger partial charge is 0.298 e. The summed E-state index contributed by atoms with van der Waals surface area (Å²) < 4.78 is 0. The van der Waals surface area contributed by atoms with Crippen molar-refractivity contribution in [3.8, 4) is 0 Å². The van der Waals surface area contributed by atoms with Crippen LogP contribution in [0.1, 0.15) is 38.9 Å². The van der Waals surface area contributed by atoms with E-state index in [-0.39, 0.29) is 11.7 Å². The molecule has 0 aliphatic rings. The van der Waals surface area contributed by atoms with Crippen LogP contribution in [0.15, 0.2) is 23.6 Å². The number of hydrogen-bond acceptors (Lipinski definition) is 4. The van der Waals surface area contributed by atoms with Crippen LogP contribution < -0.4 is 5.32 Å². The van der Waals surface area contributed by atoms with Crippen molar-refractivity contribution >= 4 is 28.2 Å². The van der Waals surface area contributed by atoms with Crippen LogP contribution in [0.3, 0.4) is 0 Å². The minimum absolute atomic E-state index is 0.108. The molecule has 0 fully saturated rings. The Balaban J connectivity index is 2.23. The first-order valence-electron chi connectivity index (χ1n) is 5.83. The molecule has 2 rings (SSSR count). The number of amides is 1. The lowest BCUT2D eigenvalue weighted by Gasteiger charge is -2.08. The number of aryl methyl sites for hydroxylation is 2. The van der Waals surface area contributed by atoms with Gasteiger partial charge in [0, 0.05) is 17.9 Å². The highest BCUT2D eigenvalue weighted by Crippen LogP contribution is 2.19. The van der Waals surface area contributed by atoms with Crippen molar-refractivity contribution in [1.82, 2.24) is 4.98 Å². The third-order valence-electron chi connectivity index (χ3n) is 2.79. The molecule has 1 aromatic carbocycles. The molecule has 0 saturated carbocycles. The molecule has 1 heterocycles. The molecule has 5 heteroatoms. The van der Waals surface area contributed by atoms with Gasteiger partial charge < -0.3 is 0 Å². The minimum atomic E-state index is -0.194. The zero-order valence-corrected chi connectivity index (χ0v) is 11.8. The number of Topliss-reactive ketones (excluding diaryl/α,β-unsaturated/α-hetero) is 1. The van der Waals surface area contributed by atoms with Crippen molar-refractivity contribution in [2.45, 2.75) is 20.8 Å². The Labute approximate surface area is 115 Å². The van der Waals surface area contributed by atoms with Crippen molar-refractivity contribution in [3.05, 3.63) is 46.0 Å². The van der Waals surface area contributed by atoms with Crippen LogP contribution in [0.4, 0.5) is 5.13 Å². The van der Waals surface area contributed by atoms with E-state index in [9.17, 15) is 9.59 Å². The molecule has 0 aliphatic carbocycles. The van der Waals surface area contributed by atoms with E-state index in [1.807, 2.05) is 32.0 Å². The van der Waals surface area contributed by atoms with Crippen molar-refractivity contribution in [1.29, 1.82) is 0 Å². The van der Waals surface area contributed by atoms with Gasteiger partial charge in [0.2, 0.25) is 0 Å². The monoisotopic (exact) mass is 274 g/mol. The molecular formula is C14H14N2O2S. The maximum Gasteiger partial charge on any atom is 0.257 e. The predicted octanol–water partition coefficient (Wildman–Crippen LogP) is 3.21. The third-order valence-corrected chi connectivity index (χ3v) is 3.55. The number of aromatic nitrogens is 1. The fraction of sp³-hybridized carbons (Fsp3) is 0.214. The van der Waals surface area contributed by atoms with Gasteiger partial charge in [-0.1, -0.05) is 18.2 Å². The van der Waals surface area contributed by atoms with Gasteiger partial charge in [-0.05, 0) is 25.0 Å². The molecule has 0 saturated heterocycles. The van der Waals surface area contributed by atoms with Gasteiger partial charge in [0.1, 0.15) is 5.69 Å². The Morgan fingerprint density at radius 2 is 1.84 bits per heavy atom. The third kappa shape index (κ3) is 2.88. The molecule has 0 radical (unpaired) electrons. The Hall–Kier alpha value is -2.01. The number of carbonyl (C=O) groups is 2. The first kappa shape index (κ1) is 13.4. The fourth-order valence-electron chi connectivity index (χ4n) is 1.83. The standard InChI is InChI=1S/C14H14N2O2S/c1-8-5-4-6-9(2)12(8)13(18)16-14-15-11(7-19-14)10(3)17/h4-7H,1-3H3,(H,15,16,18). The normalized spacial score (nSPS) is 10.3. The molecule has 0 aliphatic heterocycles. The number of benzene rings is 1. The summed E-state index contributed by atoms with van der Waals surface area (Å²) in [6, 6.07) is 5.70. The van der Waals surface area contributed by atoms with Gasteiger partial charge in [0.25, 0.3) is 5.91 Å². The maximum absolute atomic E-state index is 12.2. The topological polar surface area (TPSA) is 59.1 Å². The number of carbonyl (C=O) groups excluding carboxylic acids is 2. The minimum Gasteiger partial charge on any atom is -0.298 e. The van der Waals surface area contributed by atoms with E-state index in [0.29, 0.717) is 16.4 Å². The second-order valence-corrected chi connectivity index (χ2v) is 5.17. The quantitative estimate of drug-likeness (QED) is 0.874. The van der Waals surface area contributed by atoms with Gasteiger partial charge in [-0.3, -0.25) is 14.9 Å². The highest BCUT2D eigenvalue weighted by molar-refractivity contribution is 7.14. The van der Waals surface area contributed by atoms with Crippen LogP contribution in [-0.2, 0) is 0 Å². The average molecular weight is 274 g/mol. The van der Waals surface area contributed by atoms with E-state index in [1.54, 1.807) is 5.38 Å². The second kappa shape index (κ2) is 5.32. The van der Waals surface area contributed by atoms with Crippen molar-refractivity contribution in [2.75, 3.05) is 5.32 Å². The molecule has 0 unspecified atom stereocenters. The number of nitrogens with zero attached hydrogens (tertiary/aromatic N) is 1. The van der Waals surface area contributed by atoms with Gasteiger partial charge in [0.15, 0.2) is 10.9 Å². The summed E-state index contributed by atoms with van der Waals surface area (Å²) in [5.41, 5.74) is 2.87. The number of rotatable bonds is 3. The smallest absolute Gasteiger partial charge is 0.257 e. The summed E-state index contributed by atoms with van der Waals surface area (Å²) in [7, 11) is 0. The average Bonchev–Trinajstić information content (AvgIpc) is 2.77. The summed E-state index contributed by atoms with van der Waals surface area (Å²) in [6.07, 6.45) is 0. The summed E-state index contributed by atoms with van der Waals surface area (Å²) in [4.78, 5) is 27.4. The molecule has 19 heavy (non-hydrogen) atoms. The van der Waals surface area contributed by atoms with E-state index in [4.69, 9.17) is 0 Å². The van der Waals surface area contributed by atoms with Gasteiger partial charge in [-0.2, -0.15) is 0 Å². The van der Waals surface area contributed by atoms with E-state index in [0.717, 1.165) is 11.1 Å². The number of anilines is 1. The van der Waals surface area contributed by atoms with Crippen LogP contribution in [0.25, 0.3) is 0 Å². The molecule has 4 nitrogen and oxygen atoms in total. The SMILES string of the molecule is CC(=O)c1csc(NC(=O)c2c(C)cccc2C)n1. The molecule has 98 valence electrons. The Morgan fingerprint density at radius 3 is 2.37 bits per heavy atom. The van der Waals surface area contributed by atoms with E-state index in [2.05, 4.69) is 10.3 Å². The summed E-state index contributed by atoms with van der Waals surface area (Å²) in [5.74, 6) is -0.302. The summed E-state index contributed by atoms with van der Waals surface area (Å²) >= 11 is 1.25. The van der Waals surface area contributed by atoms with E-state index in [1.165, 1.54) is 18.3 Å². The predicted molar refractivity (Wildman–Crippen MR) is 76.0 cm³/mol. The van der Waals surface area contributed by atoms with Gasteiger partial charge in [-0.15, -0.1) is 11.3 Å². The lowest BCUT2D eigenvalue weighted by Crippen LogP contribution is -2.15. The Kier molecular flexibility index (Phi) is 3.76. The van der Waals surface area contributed by atoms with Crippen molar-refractivity contribution < 1.29 is 9.59 Å². The van der Waals surface area contributed by atoms with Crippen LogP contribution in [-0.4, -0.2) is 16.7 Å². The number of thiazole rings is 1. The Morgan fingerprint density at radius 1 is 1.21 bits per heavy atom. The van der Waals surface area contributed by atoms with Crippen molar-refractivity contribution in [2.24, 2.45) is 0 Å².